The van der Waals surface area contributed by atoms with Gasteiger partial charge in [-0.05, 0) is 12.5 Å². The summed E-state index contributed by atoms with van der Waals surface area (Å²) in [7, 11) is 3.46. The van der Waals surface area contributed by atoms with Crippen molar-refractivity contribution in [3.63, 3.8) is 0 Å². The van der Waals surface area contributed by atoms with Crippen LogP contribution in [0.15, 0.2) is 59.5 Å². The van der Waals surface area contributed by atoms with Gasteiger partial charge in [-0.15, -0.1) is 0 Å². The van der Waals surface area contributed by atoms with E-state index in [1.807, 2.05) is 42.5 Å². The molecule has 0 saturated carbocycles. The van der Waals surface area contributed by atoms with Crippen LogP contribution in [-0.2, 0) is 0 Å². The molecule has 0 saturated heterocycles. The van der Waals surface area contributed by atoms with Crippen molar-refractivity contribution in [1.82, 2.24) is 0 Å². The van der Waals surface area contributed by atoms with Crippen molar-refractivity contribution >= 4 is 27.4 Å². The number of hydrogen-bond donors (Lipinski definition) is 1. The highest BCUT2D eigenvalue weighted by molar-refractivity contribution is 8.76. The second-order valence-corrected chi connectivity index (χ2v) is 8.80. The van der Waals surface area contributed by atoms with Crippen LogP contribution in [-0.4, -0.2) is 16.6 Å². The number of aliphatic hydroxyl groups is 1. The largest absolute Gasteiger partial charge is 0.380 e. The summed E-state index contributed by atoms with van der Waals surface area (Å²) >= 11 is 0. The van der Waals surface area contributed by atoms with Gasteiger partial charge < -0.3 is 5.11 Å². The summed E-state index contributed by atoms with van der Waals surface area (Å²) in [6, 6.07) is 16.6. The Balaban J connectivity index is 1.86. The van der Waals surface area contributed by atoms with E-state index in [1.54, 1.807) is 33.7 Å². The lowest BCUT2D eigenvalue weighted by atomic mass is 10.00. The smallest absolute Gasteiger partial charge is 0.195 e. The van der Waals surface area contributed by atoms with Crippen LogP contribution in [0.3, 0.4) is 0 Å². The molecule has 0 spiro atoms. The summed E-state index contributed by atoms with van der Waals surface area (Å²) in [5.41, 5.74) is 1.24. The zero-order valence-corrected chi connectivity index (χ0v) is 17.0. The van der Waals surface area contributed by atoms with Crippen molar-refractivity contribution in [3.8, 4) is 0 Å². The predicted molar refractivity (Wildman–Crippen MR) is 114 cm³/mol. The molecule has 0 bridgehead atoms. The van der Waals surface area contributed by atoms with E-state index >= 15 is 0 Å². The van der Waals surface area contributed by atoms with Crippen LogP contribution >= 0.6 is 21.6 Å². The van der Waals surface area contributed by atoms with E-state index < -0.39 is 6.10 Å². The monoisotopic (exact) mass is 388 g/mol. The molecule has 1 atom stereocenters. The zero-order chi connectivity index (χ0) is 18.6. The molecule has 0 radical (unpaired) electrons. The van der Waals surface area contributed by atoms with Gasteiger partial charge in [-0.2, -0.15) is 0 Å². The minimum Gasteiger partial charge on any atom is -0.380 e. The molecule has 0 aliphatic carbocycles. The second-order valence-electron chi connectivity index (χ2n) is 6.34. The molecule has 1 unspecified atom stereocenters. The number of carbonyl (C=O) groups excluding carboxylic acids is 1. The minimum atomic E-state index is -1.12. The lowest BCUT2D eigenvalue weighted by Crippen LogP contribution is -2.13. The Labute approximate surface area is 165 Å². The molecular formula is C22H28O2S2. The van der Waals surface area contributed by atoms with E-state index in [9.17, 15) is 9.90 Å². The first-order valence-electron chi connectivity index (χ1n) is 9.39. The molecular weight excluding hydrogens is 360 g/mol. The fraction of sp³-hybridized carbons (Fsp3) is 0.409. The van der Waals surface area contributed by atoms with Crippen LogP contribution in [0.25, 0.3) is 0 Å². The maximum atomic E-state index is 12.5. The fourth-order valence-electron chi connectivity index (χ4n) is 2.73. The molecule has 0 fully saturated rings. The third kappa shape index (κ3) is 6.82. The number of benzene rings is 2. The highest BCUT2D eigenvalue weighted by Crippen LogP contribution is 2.37. The van der Waals surface area contributed by atoms with Crippen LogP contribution in [0.4, 0.5) is 0 Å². The molecule has 0 aliphatic heterocycles. The lowest BCUT2D eigenvalue weighted by molar-refractivity contribution is 0.0743. The predicted octanol–water partition coefficient (Wildman–Crippen LogP) is 6.70. The third-order valence-electron chi connectivity index (χ3n) is 4.25. The van der Waals surface area contributed by atoms with E-state index in [2.05, 4.69) is 6.92 Å². The van der Waals surface area contributed by atoms with E-state index in [-0.39, 0.29) is 5.78 Å². The SMILES string of the molecule is CCCCCCCCSSc1ccccc1C(O)C(=O)c1ccccc1. The Morgan fingerprint density at radius 2 is 1.58 bits per heavy atom. The van der Waals surface area contributed by atoms with Crippen LogP contribution in [0, 0.1) is 0 Å². The van der Waals surface area contributed by atoms with Gasteiger partial charge in [-0.25, -0.2) is 0 Å². The highest BCUT2D eigenvalue weighted by Gasteiger charge is 2.21. The first kappa shape index (κ1) is 21.1. The van der Waals surface area contributed by atoms with Gasteiger partial charge in [0.1, 0.15) is 6.10 Å². The summed E-state index contributed by atoms with van der Waals surface area (Å²) in [5.74, 6) is 0.841. The summed E-state index contributed by atoms with van der Waals surface area (Å²) in [6.45, 7) is 2.24. The molecule has 0 amide bonds. The maximum Gasteiger partial charge on any atom is 0.195 e. The highest BCUT2D eigenvalue weighted by atomic mass is 33.1. The number of Topliss-reactive ketones (excluding diaryl/α,β-unsaturated/α-hetero) is 1. The number of hydrogen-bond acceptors (Lipinski definition) is 4. The molecule has 26 heavy (non-hydrogen) atoms. The van der Waals surface area contributed by atoms with E-state index in [4.69, 9.17) is 0 Å². The van der Waals surface area contributed by atoms with E-state index in [0.29, 0.717) is 11.1 Å². The van der Waals surface area contributed by atoms with Gasteiger partial charge in [0.05, 0.1) is 0 Å². The average molecular weight is 389 g/mol. The van der Waals surface area contributed by atoms with Crippen LogP contribution in [0.1, 0.15) is 67.5 Å². The van der Waals surface area contributed by atoms with Crippen LogP contribution < -0.4 is 0 Å². The second kappa shape index (κ2) is 12.2. The van der Waals surface area contributed by atoms with Crippen molar-refractivity contribution in [2.24, 2.45) is 0 Å². The Kier molecular flexibility index (Phi) is 9.90. The molecule has 0 aromatic heterocycles. The summed E-state index contributed by atoms with van der Waals surface area (Å²) in [6.07, 6.45) is 6.66. The molecule has 1 N–H and O–H groups in total. The quantitative estimate of drug-likeness (QED) is 0.249. The van der Waals surface area contributed by atoms with Gasteiger partial charge in [-0.1, -0.05) is 109 Å². The van der Waals surface area contributed by atoms with Gasteiger partial charge in [0, 0.05) is 21.8 Å². The van der Waals surface area contributed by atoms with Gasteiger partial charge in [0.15, 0.2) is 5.78 Å². The van der Waals surface area contributed by atoms with Crippen LogP contribution in [0.5, 0.6) is 0 Å². The summed E-state index contributed by atoms with van der Waals surface area (Å²) in [4.78, 5) is 13.5. The normalized spacial score (nSPS) is 12.1. The molecule has 140 valence electrons. The molecule has 2 nitrogen and oxygen atoms in total. The third-order valence-corrected chi connectivity index (χ3v) is 6.77. The van der Waals surface area contributed by atoms with Gasteiger partial charge in [-0.3, -0.25) is 4.79 Å². The average Bonchev–Trinajstić information content (AvgIpc) is 2.70. The standard InChI is InChI=1S/C22H28O2S2/c1-2-3-4-5-6-12-17-25-26-20-16-11-10-15-19(20)22(24)21(23)18-13-8-7-9-14-18/h7-11,13-16,22,24H,2-6,12,17H2,1H3. The lowest BCUT2D eigenvalue weighted by Gasteiger charge is -2.14. The van der Waals surface area contributed by atoms with Gasteiger partial charge in [0.2, 0.25) is 0 Å². The first-order valence-corrected chi connectivity index (χ1v) is 11.7. The van der Waals surface area contributed by atoms with Crippen molar-refractivity contribution in [3.05, 3.63) is 65.7 Å². The number of aliphatic hydroxyl groups excluding tert-OH is 1. The van der Waals surface area contributed by atoms with E-state index in [1.165, 1.54) is 38.5 Å². The molecule has 4 heteroatoms. The van der Waals surface area contributed by atoms with Crippen molar-refractivity contribution < 1.29 is 9.90 Å². The Morgan fingerprint density at radius 3 is 2.35 bits per heavy atom. The molecule has 0 aliphatic rings. The number of ketones is 1. The summed E-state index contributed by atoms with van der Waals surface area (Å²) in [5, 5.41) is 10.6. The molecule has 2 aromatic rings. The number of carbonyl (C=O) groups is 1. The maximum absolute atomic E-state index is 12.5. The Bertz CT molecular complexity index is 658. The summed E-state index contributed by atoms with van der Waals surface area (Å²) < 4.78 is 0. The molecule has 2 rings (SSSR count). The fourth-order valence-corrected chi connectivity index (χ4v) is 5.11. The van der Waals surface area contributed by atoms with Gasteiger partial charge in [0.25, 0.3) is 0 Å². The zero-order valence-electron chi connectivity index (χ0n) is 15.4. The van der Waals surface area contributed by atoms with Crippen LogP contribution in [0.2, 0.25) is 0 Å². The Hall–Kier alpha value is -1.23. The molecule has 0 heterocycles. The first-order chi connectivity index (χ1) is 12.7. The Morgan fingerprint density at radius 1 is 0.923 bits per heavy atom. The van der Waals surface area contributed by atoms with Crippen molar-refractivity contribution in [2.45, 2.75) is 56.4 Å². The van der Waals surface area contributed by atoms with Crippen molar-refractivity contribution in [2.75, 3.05) is 5.75 Å². The van der Waals surface area contributed by atoms with E-state index in [0.717, 1.165) is 10.6 Å². The number of unbranched alkanes of at least 4 members (excludes halogenated alkanes) is 5. The minimum absolute atomic E-state index is 0.250. The van der Waals surface area contributed by atoms with Gasteiger partial charge >= 0.3 is 0 Å². The number of rotatable bonds is 12. The van der Waals surface area contributed by atoms with Crippen molar-refractivity contribution in [1.29, 1.82) is 0 Å². The molecule has 2 aromatic carbocycles. The topological polar surface area (TPSA) is 37.3 Å².